The van der Waals surface area contributed by atoms with Gasteiger partial charge in [-0.15, -0.1) is 11.3 Å². The minimum atomic E-state index is -1.04. The first-order chi connectivity index (χ1) is 19.5. The third kappa shape index (κ3) is 6.62. The molecule has 0 aliphatic carbocycles. The largest absolute Gasteiger partial charge is 0.480 e. The molecule has 0 saturated heterocycles. The number of aliphatic carboxylic acids is 1. The fourth-order valence-electron chi connectivity index (χ4n) is 4.47. The van der Waals surface area contributed by atoms with Crippen LogP contribution in [-0.2, 0) is 17.9 Å². The van der Waals surface area contributed by atoms with Crippen molar-refractivity contribution in [2.24, 2.45) is 0 Å². The van der Waals surface area contributed by atoms with Gasteiger partial charge in [0.1, 0.15) is 6.54 Å². The van der Waals surface area contributed by atoms with Crippen LogP contribution in [0.4, 0.5) is 5.13 Å². The maximum atomic E-state index is 12.6. The summed E-state index contributed by atoms with van der Waals surface area (Å²) < 4.78 is 0. The fourth-order valence-corrected chi connectivity index (χ4v) is 5.30. The Morgan fingerprint density at radius 1 is 0.725 bits per heavy atom. The Morgan fingerprint density at radius 3 is 1.90 bits per heavy atom. The number of hydrogen-bond acceptors (Lipinski definition) is 5. The van der Waals surface area contributed by atoms with Crippen molar-refractivity contribution in [1.29, 1.82) is 0 Å². The van der Waals surface area contributed by atoms with E-state index in [-0.39, 0.29) is 12.5 Å². The van der Waals surface area contributed by atoms with Crippen molar-refractivity contribution in [3.8, 4) is 22.4 Å². The molecule has 1 aromatic heterocycles. The van der Waals surface area contributed by atoms with Crippen LogP contribution in [0, 0.1) is 0 Å². The maximum Gasteiger partial charge on any atom is 0.323 e. The van der Waals surface area contributed by atoms with Gasteiger partial charge in [0.05, 0.1) is 5.69 Å². The number of carbonyl (C=O) groups excluding carboxylic acids is 1. The number of rotatable bonds is 10. The van der Waals surface area contributed by atoms with Crippen molar-refractivity contribution in [1.82, 2.24) is 9.88 Å². The van der Waals surface area contributed by atoms with E-state index < -0.39 is 5.97 Å². The molecule has 0 atom stereocenters. The number of anilines is 1. The molecule has 1 N–H and O–H groups in total. The topological polar surface area (TPSA) is 73.7 Å². The molecule has 4 aromatic carbocycles. The number of carboxylic acids is 1. The number of aromatic nitrogens is 1. The predicted octanol–water partition coefficient (Wildman–Crippen LogP) is 6.84. The van der Waals surface area contributed by atoms with Crippen LogP contribution < -0.4 is 4.90 Å². The lowest BCUT2D eigenvalue weighted by atomic mass is 10.0. The normalized spacial score (nSPS) is 10.7. The third-order valence-corrected chi connectivity index (χ3v) is 7.46. The van der Waals surface area contributed by atoms with Crippen molar-refractivity contribution in [2.75, 3.05) is 18.5 Å². The highest BCUT2D eigenvalue weighted by atomic mass is 32.1. The molecule has 1 heterocycles. The maximum absolute atomic E-state index is 12.6. The highest BCUT2D eigenvalue weighted by molar-refractivity contribution is 7.14. The van der Waals surface area contributed by atoms with E-state index in [9.17, 15) is 9.59 Å². The Morgan fingerprint density at radius 2 is 1.27 bits per heavy atom. The molecule has 0 saturated carbocycles. The molecule has 0 fully saturated rings. The van der Waals surface area contributed by atoms with Gasteiger partial charge in [-0.2, -0.15) is 0 Å². The molecule has 0 aliphatic heterocycles. The first-order valence-corrected chi connectivity index (χ1v) is 13.8. The van der Waals surface area contributed by atoms with Crippen LogP contribution in [0.15, 0.2) is 115 Å². The Hall–Kier alpha value is -4.75. The van der Waals surface area contributed by atoms with Gasteiger partial charge < -0.3 is 14.9 Å². The van der Waals surface area contributed by atoms with Crippen molar-refractivity contribution >= 4 is 28.3 Å². The molecule has 200 valence electrons. The van der Waals surface area contributed by atoms with E-state index in [0.717, 1.165) is 22.0 Å². The van der Waals surface area contributed by atoms with Crippen LogP contribution in [0.3, 0.4) is 0 Å². The molecular formula is C33H29N3O3S. The second-order valence-corrected chi connectivity index (χ2v) is 10.4. The average Bonchev–Trinajstić information content (AvgIpc) is 3.48. The monoisotopic (exact) mass is 547 g/mol. The van der Waals surface area contributed by atoms with E-state index in [4.69, 9.17) is 10.1 Å². The van der Waals surface area contributed by atoms with Gasteiger partial charge in [-0.3, -0.25) is 9.59 Å². The minimum Gasteiger partial charge on any atom is -0.480 e. The number of benzene rings is 4. The standard InChI is InChI=1S/C33H29N3O3S/c1-35(22-31(37)38)32(39)29-14-12-25(13-15-29)21-36(20-24-8-4-2-5-9-24)33-34-30(23-40-33)28-18-16-27(17-19-28)26-10-6-3-7-11-26/h2-19,23H,20-22H2,1H3,(H,37,38). The van der Waals surface area contributed by atoms with Crippen molar-refractivity contribution < 1.29 is 14.7 Å². The summed E-state index contributed by atoms with van der Waals surface area (Å²) in [6.07, 6.45) is 0. The molecule has 0 radical (unpaired) electrons. The molecule has 1 amide bonds. The van der Waals surface area contributed by atoms with E-state index >= 15 is 0 Å². The Labute approximate surface area is 237 Å². The summed E-state index contributed by atoms with van der Waals surface area (Å²) in [6, 6.07) is 36.4. The van der Waals surface area contributed by atoms with Crippen LogP contribution in [0.5, 0.6) is 0 Å². The number of carboxylic acid groups (broad SMARTS) is 1. The van der Waals surface area contributed by atoms with Crippen LogP contribution in [-0.4, -0.2) is 40.5 Å². The summed E-state index contributed by atoms with van der Waals surface area (Å²) in [7, 11) is 1.49. The fraction of sp³-hybridized carbons (Fsp3) is 0.121. The summed E-state index contributed by atoms with van der Waals surface area (Å²) in [5.74, 6) is -1.36. The van der Waals surface area contributed by atoms with E-state index in [1.54, 1.807) is 23.5 Å². The number of carbonyl (C=O) groups is 2. The lowest BCUT2D eigenvalue weighted by Gasteiger charge is -2.22. The quantitative estimate of drug-likeness (QED) is 0.207. The lowest BCUT2D eigenvalue weighted by molar-refractivity contribution is -0.137. The molecule has 0 aliphatic rings. The van der Waals surface area contributed by atoms with Gasteiger partial charge in [0.2, 0.25) is 0 Å². The Kier molecular flexibility index (Phi) is 8.32. The van der Waals surface area contributed by atoms with Gasteiger partial charge in [0.15, 0.2) is 5.13 Å². The van der Waals surface area contributed by atoms with Crippen LogP contribution >= 0.6 is 11.3 Å². The summed E-state index contributed by atoms with van der Waals surface area (Å²) in [6.45, 7) is 0.948. The Bertz CT molecular complexity index is 1570. The van der Waals surface area contributed by atoms with Crippen LogP contribution in [0.1, 0.15) is 21.5 Å². The number of thiazole rings is 1. The lowest BCUT2D eigenvalue weighted by Crippen LogP contribution is -2.31. The first kappa shape index (κ1) is 26.8. The number of hydrogen-bond donors (Lipinski definition) is 1. The minimum absolute atomic E-state index is 0.321. The molecule has 5 rings (SSSR count). The molecule has 5 aromatic rings. The molecular weight excluding hydrogens is 518 g/mol. The zero-order valence-corrected chi connectivity index (χ0v) is 22.9. The van der Waals surface area contributed by atoms with Gasteiger partial charge in [-0.05, 0) is 34.4 Å². The second-order valence-electron chi connectivity index (χ2n) is 9.55. The SMILES string of the molecule is CN(CC(=O)O)C(=O)c1ccc(CN(Cc2ccccc2)c2nc(-c3ccc(-c4ccccc4)cc3)cs2)cc1. The van der Waals surface area contributed by atoms with E-state index in [0.29, 0.717) is 18.7 Å². The van der Waals surface area contributed by atoms with Crippen molar-refractivity contribution in [2.45, 2.75) is 13.1 Å². The summed E-state index contributed by atoms with van der Waals surface area (Å²) in [5, 5.41) is 12.0. The third-order valence-electron chi connectivity index (χ3n) is 6.56. The smallest absolute Gasteiger partial charge is 0.323 e. The van der Waals surface area contributed by atoms with Gasteiger partial charge in [0.25, 0.3) is 5.91 Å². The molecule has 7 heteroatoms. The van der Waals surface area contributed by atoms with Crippen LogP contribution in [0.2, 0.25) is 0 Å². The van der Waals surface area contributed by atoms with Crippen molar-refractivity contribution in [3.05, 3.63) is 131 Å². The second kappa shape index (κ2) is 12.4. The molecule has 0 unspecified atom stereocenters. The average molecular weight is 548 g/mol. The molecule has 40 heavy (non-hydrogen) atoms. The number of nitrogens with zero attached hydrogens (tertiary/aromatic N) is 3. The van der Waals surface area contributed by atoms with Crippen molar-refractivity contribution in [3.63, 3.8) is 0 Å². The van der Waals surface area contributed by atoms with Gasteiger partial charge in [-0.25, -0.2) is 4.98 Å². The highest BCUT2D eigenvalue weighted by Gasteiger charge is 2.17. The summed E-state index contributed by atoms with van der Waals surface area (Å²) >= 11 is 1.61. The van der Waals surface area contributed by atoms with E-state index in [1.807, 2.05) is 48.5 Å². The molecule has 0 bridgehead atoms. The first-order valence-electron chi connectivity index (χ1n) is 12.9. The zero-order chi connectivity index (χ0) is 27.9. The zero-order valence-electron chi connectivity index (χ0n) is 22.1. The summed E-state index contributed by atoms with van der Waals surface area (Å²) in [5.41, 5.74) is 7.00. The molecule has 0 spiro atoms. The Balaban J connectivity index is 1.36. The highest BCUT2D eigenvalue weighted by Crippen LogP contribution is 2.31. The van der Waals surface area contributed by atoms with Crippen LogP contribution in [0.25, 0.3) is 22.4 Å². The van der Waals surface area contributed by atoms with Gasteiger partial charge in [-0.1, -0.05) is 97.1 Å². The predicted molar refractivity (Wildman–Crippen MR) is 160 cm³/mol. The number of amides is 1. The van der Waals surface area contributed by atoms with E-state index in [2.05, 4.69) is 58.8 Å². The number of likely N-dealkylation sites (N-methyl/N-ethyl adjacent to an activating group) is 1. The van der Waals surface area contributed by atoms with E-state index in [1.165, 1.54) is 28.6 Å². The van der Waals surface area contributed by atoms with Gasteiger partial charge >= 0.3 is 5.97 Å². The molecule has 6 nitrogen and oxygen atoms in total. The van der Waals surface area contributed by atoms with Gasteiger partial charge in [0, 0.05) is 36.6 Å². The summed E-state index contributed by atoms with van der Waals surface area (Å²) in [4.78, 5) is 32.0.